The Hall–Kier alpha value is -0.620. The summed E-state index contributed by atoms with van der Waals surface area (Å²) in [6.07, 6.45) is 0. The Morgan fingerprint density at radius 3 is 2.91 bits per heavy atom. The number of nitrogens with one attached hydrogen (secondary N) is 1. The fourth-order valence-corrected chi connectivity index (χ4v) is 1.60. The van der Waals surface area contributed by atoms with E-state index in [-0.39, 0.29) is 5.24 Å². The second kappa shape index (κ2) is 3.68. The maximum atomic E-state index is 10.8. The standard InChI is InChI=1S/C5H7N3OS2/c1-3-7-4(8-11-3)10-5(9)6-2/h1-2H3,(H,6,9). The van der Waals surface area contributed by atoms with Crippen LogP contribution < -0.4 is 5.32 Å². The Morgan fingerprint density at radius 2 is 2.45 bits per heavy atom. The zero-order valence-corrected chi connectivity index (χ0v) is 7.75. The summed E-state index contributed by atoms with van der Waals surface area (Å²) in [5.41, 5.74) is 0. The molecule has 1 aromatic rings. The predicted octanol–water partition coefficient (Wildman–Crippen LogP) is 1.28. The first-order valence-electron chi connectivity index (χ1n) is 2.92. The van der Waals surface area contributed by atoms with Gasteiger partial charge >= 0.3 is 0 Å². The van der Waals surface area contributed by atoms with E-state index in [0.29, 0.717) is 5.16 Å². The minimum absolute atomic E-state index is 0.136. The van der Waals surface area contributed by atoms with Gasteiger partial charge in [0.15, 0.2) is 0 Å². The van der Waals surface area contributed by atoms with Gasteiger partial charge in [-0.05, 0) is 18.5 Å². The van der Waals surface area contributed by atoms with Crippen LogP contribution in [0.3, 0.4) is 0 Å². The molecule has 0 aromatic carbocycles. The van der Waals surface area contributed by atoms with E-state index in [0.717, 1.165) is 16.8 Å². The molecule has 0 radical (unpaired) electrons. The van der Waals surface area contributed by atoms with E-state index >= 15 is 0 Å². The predicted molar refractivity (Wildman–Crippen MR) is 45.0 cm³/mol. The number of nitrogens with zero attached hydrogens (tertiary/aromatic N) is 2. The van der Waals surface area contributed by atoms with Gasteiger partial charge in [-0.1, -0.05) is 0 Å². The maximum absolute atomic E-state index is 10.8. The Kier molecular flexibility index (Phi) is 2.84. The molecule has 0 saturated carbocycles. The lowest BCUT2D eigenvalue weighted by Gasteiger charge is -1.91. The lowest BCUT2D eigenvalue weighted by atomic mass is 10.8. The van der Waals surface area contributed by atoms with Gasteiger partial charge in [-0.15, -0.1) is 0 Å². The molecule has 11 heavy (non-hydrogen) atoms. The summed E-state index contributed by atoms with van der Waals surface area (Å²) in [4.78, 5) is 14.8. The van der Waals surface area contributed by atoms with E-state index in [2.05, 4.69) is 14.7 Å². The maximum Gasteiger partial charge on any atom is 0.286 e. The first-order valence-corrected chi connectivity index (χ1v) is 4.51. The van der Waals surface area contributed by atoms with Crippen molar-refractivity contribution in [2.24, 2.45) is 0 Å². The summed E-state index contributed by atoms with van der Waals surface area (Å²) < 4.78 is 3.94. The van der Waals surface area contributed by atoms with Gasteiger partial charge in [-0.2, -0.15) is 4.37 Å². The molecule has 0 saturated heterocycles. The third kappa shape index (κ3) is 2.47. The van der Waals surface area contributed by atoms with E-state index < -0.39 is 0 Å². The number of thioether (sulfide) groups is 1. The molecular weight excluding hydrogens is 182 g/mol. The molecule has 1 N–H and O–H groups in total. The molecule has 0 aliphatic heterocycles. The minimum atomic E-state index is -0.136. The number of hydrogen-bond acceptors (Lipinski definition) is 5. The lowest BCUT2D eigenvalue weighted by molar-refractivity contribution is 0.262. The van der Waals surface area contributed by atoms with Crippen LogP contribution in [-0.2, 0) is 0 Å². The van der Waals surface area contributed by atoms with Crippen molar-refractivity contribution in [1.82, 2.24) is 14.7 Å². The molecule has 1 heterocycles. The van der Waals surface area contributed by atoms with E-state index in [1.807, 2.05) is 6.92 Å². The highest BCUT2D eigenvalue weighted by Crippen LogP contribution is 2.15. The average Bonchev–Trinajstić information content (AvgIpc) is 2.35. The summed E-state index contributed by atoms with van der Waals surface area (Å²) in [5, 5.41) is 3.73. The number of carbonyl (C=O) groups excluding carboxylic acids is 1. The van der Waals surface area contributed by atoms with Crippen molar-refractivity contribution < 1.29 is 4.79 Å². The van der Waals surface area contributed by atoms with Crippen molar-refractivity contribution in [3.63, 3.8) is 0 Å². The number of rotatable bonds is 1. The van der Waals surface area contributed by atoms with Crippen LogP contribution in [0.2, 0.25) is 0 Å². The molecule has 0 spiro atoms. The molecule has 0 aliphatic rings. The van der Waals surface area contributed by atoms with Crippen molar-refractivity contribution in [2.45, 2.75) is 12.1 Å². The molecule has 1 aromatic heterocycles. The van der Waals surface area contributed by atoms with Crippen molar-refractivity contribution >= 4 is 28.5 Å². The number of carbonyl (C=O) groups is 1. The molecule has 60 valence electrons. The third-order valence-corrected chi connectivity index (χ3v) is 2.39. The van der Waals surface area contributed by atoms with Crippen LogP contribution >= 0.6 is 23.3 Å². The summed E-state index contributed by atoms with van der Waals surface area (Å²) in [7, 11) is 1.58. The van der Waals surface area contributed by atoms with E-state index in [4.69, 9.17) is 0 Å². The van der Waals surface area contributed by atoms with Crippen molar-refractivity contribution in [3.8, 4) is 0 Å². The van der Waals surface area contributed by atoms with Gasteiger partial charge in [0, 0.05) is 18.8 Å². The van der Waals surface area contributed by atoms with E-state index in [1.165, 1.54) is 11.5 Å². The molecular formula is C5H7N3OS2. The van der Waals surface area contributed by atoms with Crippen LogP contribution in [0.5, 0.6) is 0 Å². The first kappa shape index (κ1) is 8.48. The fraction of sp³-hybridized carbons (Fsp3) is 0.400. The lowest BCUT2D eigenvalue weighted by Crippen LogP contribution is -2.11. The molecule has 0 aliphatic carbocycles. The van der Waals surface area contributed by atoms with Gasteiger partial charge in [0.2, 0.25) is 5.16 Å². The van der Waals surface area contributed by atoms with Crippen molar-refractivity contribution in [1.29, 1.82) is 0 Å². The monoisotopic (exact) mass is 189 g/mol. The quantitative estimate of drug-likeness (QED) is 0.676. The summed E-state index contributed by atoms with van der Waals surface area (Å²) in [5.74, 6) is 0. The Bertz CT molecular complexity index is 260. The van der Waals surface area contributed by atoms with Gasteiger partial charge in [0.25, 0.3) is 5.24 Å². The van der Waals surface area contributed by atoms with E-state index in [1.54, 1.807) is 7.05 Å². The molecule has 0 unspecified atom stereocenters. The largest absolute Gasteiger partial charge is 0.350 e. The number of aromatic nitrogens is 2. The van der Waals surface area contributed by atoms with Gasteiger partial charge in [0.05, 0.1) is 0 Å². The molecule has 4 nitrogen and oxygen atoms in total. The summed E-state index contributed by atoms with van der Waals surface area (Å²) in [6, 6.07) is 0. The second-order valence-corrected chi connectivity index (χ2v) is 3.63. The van der Waals surface area contributed by atoms with Gasteiger partial charge < -0.3 is 5.32 Å². The Labute approximate surface area is 72.6 Å². The highest BCUT2D eigenvalue weighted by atomic mass is 32.2. The first-order chi connectivity index (χ1) is 5.22. The van der Waals surface area contributed by atoms with Gasteiger partial charge in [0.1, 0.15) is 5.01 Å². The number of aryl methyl sites for hydroxylation is 1. The van der Waals surface area contributed by atoms with Gasteiger partial charge in [-0.3, -0.25) is 4.79 Å². The zero-order chi connectivity index (χ0) is 8.27. The van der Waals surface area contributed by atoms with Crippen LogP contribution in [0.1, 0.15) is 5.01 Å². The number of hydrogen-bond donors (Lipinski definition) is 1. The fourth-order valence-electron chi connectivity index (χ4n) is 0.456. The molecule has 6 heteroatoms. The summed E-state index contributed by atoms with van der Waals surface area (Å²) >= 11 is 2.30. The van der Waals surface area contributed by atoms with E-state index in [9.17, 15) is 4.79 Å². The molecule has 0 fully saturated rings. The van der Waals surface area contributed by atoms with Gasteiger partial charge in [-0.25, -0.2) is 4.98 Å². The minimum Gasteiger partial charge on any atom is -0.350 e. The highest BCUT2D eigenvalue weighted by Gasteiger charge is 2.05. The Morgan fingerprint density at radius 1 is 1.73 bits per heavy atom. The Balaban J connectivity index is 2.57. The zero-order valence-electron chi connectivity index (χ0n) is 6.12. The second-order valence-electron chi connectivity index (χ2n) is 1.74. The van der Waals surface area contributed by atoms with Crippen LogP contribution in [-0.4, -0.2) is 21.6 Å². The van der Waals surface area contributed by atoms with Crippen LogP contribution in [0, 0.1) is 6.92 Å². The van der Waals surface area contributed by atoms with Crippen molar-refractivity contribution in [3.05, 3.63) is 5.01 Å². The number of amides is 1. The molecule has 0 atom stereocenters. The SMILES string of the molecule is CNC(=O)Sc1nsc(C)n1. The normalized spacial score (nSPS) is 9.64. The van der Waals surface area contributed by atoms with Crippen molar-refractivity contribution in [2.75, 3.05) is 7.05 Å². The molecule has 1 amide bonds. The molecule has 1 rings (SSSR count). The topological polar surface area (TPSA) is 54.9 Å². The van der Waals surface area contributed by atoms with Crippen LogP contribution in [0.15, 0.2) is 5.16 Å². The van der Waals surface area contributed by atoms with Crippen LogP contribution in [0.4, 0.5) is 4.79 Å². The third-order valence-electron chi connectivity index (χ3n) is 0.897. The average molecular weight is 189 g/mol. The smallest absolute Gasteiger partial charge is 0.286 e. The molecule has 0 bridgehead atoms. The van der Waals surface area contributed by atoms with Crippen LogP contribution in [0.25, 0.3) is 0 Å². The summed E-state index contributed by atoms with van der Waals surface area (Å²) in [6.45, 7) is 1.85. The highest BCUT2D eigenvalue weighted by molar-refractivity contribution is 8.13.